The number of fused-ring (bicyclic) bond motifs is 3. The minimum absolute atomic E-state index is 0.0575. The van der Waals surface area contributed by atoms with Gasteiger partial charge in [-0.3, -0.25) is 4.79 Å². The Kier molecular flexibility index (Phi) is 5.64. The van der Waals surface area contributed by atoms with Crippen molar-refractivity contribution in [3.05, 3.63) is 53.9 Å². The summed E-state index contributed by atoms with van der Waals surface area (Å²) in [7, 11) is -3.79. The molecule has 202 valence electrons. The molecular weight excluding hydrogens is 517 g/mol. The first-order valence-electron chi connectivity index (χ1n) is 12.9. The lowest BCUT2D eigenvalue weighted by molar-refractivity contribution is -0.137. The molecule has 3 aromatic rings. The quantitative estimate of drug-likeness (QED) is 0.371. The lowest BCUT2D eigenvalue weighted by Gasteiger charge is -2.37. The van der Waals surface area contributed by atoms with Crippen LogP contribution in [0.5, 0.6) is 0 Å². The first-order chi connectivity index (χ1) is 17.8. The van der Waals surface area contributed by atoms with Gasteiger partial charge in [-0.15, -0.1) is 0 Å². The summed E-state index contributed by atoms with van der Waals surface area (Å²) in [4.78, 5) is 17.6. The van der Waals surface area contributed by atoms with Crippen LogP contribution in [0.2, 0.25) is 0 Å². The van der Waals surface area contributed by atoms with E-state index >= 15 is 0 Å². The number of halogens is 3. The van der Waals surface area contributed by atoms with Crippen LogP contribution in [0, 0.1) is 16.7 Å². The van der Waals surface area contributed by atoms with Gasteiger partial charge in [0, 0.05) is 18.4 Å². The second-order valence-electron chi connectivity index (χ2n) is 11.5. The van der Waals surface area contributed by atoms with E-state index in [1.165, 1.54) is 10.4 Å². The van der Waals surface area contributed by atoms with Crippen LogP contribution in [0.4, 0.5) is 13.2 Å². The molecule has 3 aliphatic rings. The van der Waals surface area contributed by atoms with Gasteiger partial charge in [0.15, 0.2) is 5.58 Å². The topological polar surface area (TPSA) is 80.5 Å². The van der Waals surface area contributed by atoms with Gasteiger partial charge in [-0.25, -0.2) is 13.4 Å². The Balaban J connectivity index is 1.30. The van der Waals surface area contributed by atoms with Crippen molar-refractivity contribution in [2.45, 2.75) is 58.2 Å². The number of Topliss-reactive ketones (excluding diaryl/α,β-unsaturated/α-hetero) is 1. The molecule has 38 heavy (non-hydrogen) atoms. The second-order valence-corrected chi connectivity index (χ2v) is 13.4. The zero-order valence-corrected chi connectivity index (χ0v) is 22.0. The average Bonchev–Trinajstić information content (AvgIpc) is 3.59. The SMILES string of the molecule is CC1(C)[C@H]2CC[C@]1(CS(=O)(=O)N1CCC[C@H]1c1nc3cc(-c4cccc(C(F)(F)F)c4)ccc3o1)C(=O)C2. The van der Waals surface area contributed by atoms with Crippen molar-refractivity contribution in [1.82, 2.24) is 9.29 Å². The first-order valence-corrected chi connectivity index (χ1v) is 14.5. The van der Waals surface area contributed by atoms with E-state index in [1.54, 1.807) is 24.3 Å². The van der Waals surface area contributed by atoms with E-state index in [2.05, 4.69) is 4.98 Å². The lowest BCUT2D eigenvalue weighted by Crippen LogP contribution is -2.46. The highest BCUT2D eigenvalue weighted by Gasteiger charge is 2.66. The Morgan fingerprint density at radius 3 is 2.55 bits per heavy atom. The summed E-state index contributed by atoms with van der Waals surface area (Å²) in [6, 6.07) is 9.46. The van der Waals surface area contributed by atoms with Gasteiger partial charge in [0.2, 0.25) is 15.9 Å². The van der Waals surface area contributed by atoms with Crippen molar-refractivity contribution in [1.29, 1.82) is 0 Å². The summed E-state index contributed by atoms with van der Waals surface area (Å²) < 4.78 is 74.5. The molecule has 3 fully saturated rings. The van der Waals surface area contributed by atoms with Crippen molar-refractivity contribution in [3.63, 3.8) is 0 Å². The number of aromatic nitrogens is 1. The van der Waals surface area contributed by atoms with Crippen LogP contribution in [-0.2, 0) is 21.0 Å². The number of nitrogens with zero attached hydrogens (tertiary/aromatic N) is 2. The number of carbonyl (C=O) groups excluding carboxylic acids is 1. The zero-order valence-electron chi connectivity index (χ0n) is 21.2. The maximum absolute atomic E-state index is 13.8. The molecule has 2 saturated carbocycles. The summed E-state index contributed by atoms with van der Waals surface area (Å²) >= 11 is 0. The van der Waals surface area contributed by atoms with Crippen LogP contribution in [0.1, 0.15) is 63.4 Å². The standard InChI is InChI=1S/C28H29F3N2O4S/c1-26(2)19-10-11-27(26,24(34)15-19)16-38(35,36)33-12-4-7-22(33)25-32-21-14-18(8-9-23(21)37-25)17-5-3-6-20(13-17)28(29,30)31/h3,5-6,8-9,13-14,19,22H,4,7,10-12,15-16H2,1-2H3/t19-,22-,27-/m0/s1. The molecule has 0 N–H and O–H groups in total. The number of benzene rings is 2. The Morgan fingerprint density at radius 2 is 1.87 bits per heavy atom. The third-order valence-corrected chi connectivity index (χ3v) is 11.4. The molecule has 2 aliphatic carbocycles. The van der Waals surface area contributed by atoms with Gasteiger partial charge in [-0.2, -0.15) is 17.5 Å². The largest absolute Gasteiger partial charge is 0.439 e. The molecule has 10 heteroatoms. The molecule has 6 rings (SSSR count). The molecule has 1 aliphatic heterocycles. The molecule has 1 saturated heterocycles. The van der Waals surface area contributed by atoms with Gasteiger partial charge in [0.1, 0.15) is 17.3 Å². The van der Waals surface area contributed by atoms with Gasteiger partial charge < -0.3 is 4.42 Å². The number of alkyl halides is 3. The highest BCUT2D eigenvalue weighted by Crippen LogP contribution is 2.64. The Bertz CT molecular complexity index is 1540. The smallest absolute Gasteiger partial charge is 0.416 e. The number of hydrogen-bond acceptors (Lipinski definition) is 5. The molecule has 2 bridgehead atoms. The van der Waals surface area contributed by atoms with Gasteiger partial charge >= 0.3 is 6.18 Å². The minimum Gasteiger partial charge on any atom is -0.439 e. The van der Waals surface area contributed by atoms with Crippen LogP contribution < -0.4 is 0 Å². The fraction of sp³-hybridized carbons (Fsp3) is 0.500. The van der Waals surface area contributed by atoms with Crippen LogP contribution in [0.15, 0.2) is 46.9 Å². The summed E-state index contributed by atoms with van der Waals surface area (Å²) in [6.45, 7) is 4.38. The highest BCUT2D eigenvalue weighted by molar-refractivity contribution is 7.89. The van der Waals surface area contributed by atoms with Crippen molar-refractivity contribution >= 4 is 26.9 Å². The number of hydrogen-bond donors (Lipinski definition) is 0. The van der Waals surface area contributed by atoms with Crippen LogP contribution in [0.25, 0.3) is 22.2 Å². The van der Waals surface area contributed by atoms with Gasteiger partial charge in [-0.1, -0.05) is 32.0 Å². The molecule has 0 spiro atoms. The van der Waals surface area contributed by atoms with E-state index in [-0.39, 0.29) is 28.8 Å². The van der Waals surface area contributed by atoms with Gasteiger partial charge in [0.25, 0.3) is 0 Å². The molecule has 0 radical (unpaired) electrons. The molecule has 0 amide bonds. The summed E-state index contributed by atoms with van der Waals surface area (Å²) in [6.07, 6.45) is -1.34. The highest BCUT2D eigenvalue weighted by atomic mass is 32.2. The van der Waals surface area contributed by atoms with Crippen LogP contribution in [0.3, 0.4) is 0 Å². The summed E-state index contributed by atoms with van der Waals surface area (Å²) in [5.74, 6) is 0.351. The van der Waals surface area contributed by atoms with E-state index < -0.39 is 33.2 Å². The molecule has 3 atom stereocenters. The van der Waals surface area contributed by atoms with Crippen LogP contribution in [-0.4, -0.2) is 35.8 Å². The number of ketones is 1. The van der Waals surface area contributed by atoms with Crippen molar-refractivity contribution < 1.29 is 30.8 Å². The average molecular weight is 547 g/mol. The monoisotopic (exact) mass is 546 g/mol. The zero-order chi connectivity index (χ0) is 27.1. The van der Waals surface area contributed by atoms with Crippen molar-refractivity contribution in [3.8, 4) is 11.1 Å². The van der Waals surface area contributed by atoms with E-state index in [1.807, 2.05) is 13.8 Å². The van der Waals surface area contributed by atoms with Gasteiger partial charge in [0.05, 0.1) is 11.3 Å². The predicted octanol–water partition coefficient (Wildman–Crippen LogP) is 6.38. The molecule has 6 nitrogen and oxygen atoms in total. The summed E-state index contributed by atoms with van der Waals surface area (Å²) in [5, 5.41) is 0. The third-order valence-electron chi connectivity index (χ3n) is 9.34. The maximum Gasteiger partial charge on any atom is 0.416 e. The lowest BCUT2D eigenvalue weighted by atomic mass is 9.70. The summed E-state index contributed by atoms with van der Waals surface area (Å²) in [5.41, 5.74) is -0.118. The Morgan fingerprint density at radius 1 is 1.11 bits per heavy atom. The maximum atomic E-state index is 13.8. The van der Waals surface area contributed by atoms with E-state index in [0.29, 0.717) is 54.5 Å². The molecule has 1 aromatic heterocycles. The number of carbonyl (C=O) groups is 1. The van der Waals surface area contributed by atoms with E-state index in [4.69, 9.17) is 4.42 Å². The first kappa shape index (κ1) is 25.6. The number of rotatable bonds is 5. The predicted molar refractivity (Wildman–Crippen MR) is 135 cm³/mol. The molecule has 2 aromatic carbocycles. The van der Waals surface area contributed by atoms with Crippen molar-refractivity contribution in [2.24, 2.45) is 16.7 Å². The normalized spacial score (nSPS) is 27.6. The third kappa shape index (κ3) is 3.82. The second kappa shape index (κ2) is 8.39. The molecule has 0 unspecified atom stereocenters. The van der Waals surface area contributed by atoms with E-state index in [9.17, 15) is 26.4 Å². The molecule has 2 heterocycles. The van der Waals surface area contributed by atoms with Gasteiger partial charge in [-0.05, 0) is 72.4 Å². The minimum atomic E-state index is -4.45. The fourth-order valence-corrected chi connectivity index (χ4v) is 9.42. The van der Waals surface area contributed by atoms with Crippen molar-refractivity contribution in [2.75, 3.05) is 12.3 Å². The Hall–Kier alpha value is -2.72. The Labute approximate surface area is 219 Å². The fourth-order valence-electron chi connectivity index (χ4n) is 6.96. The number of sulfonamides is 1. The number of oxazole rings is 1. The van der Waals surface area contributed by atoms with Crippen LogP contribution >= 0.6 is 0 Å². The van der Waals surface area contributed by atoms with E-state index in [0.717, 1.165) is 18.6 Å². The molecular formula is C28H29F3N2O4S.